The van der Waals surface area contributed by atoms with Gasteiger partial charge in [0.1, 0.15) is 0 Å². The van der Waals surface area contributed by atoms with Crippen molar-refractivity contribution < 1.29 is 9.53 Å². The lowest BCUT2D eigenvalue weighted by molar-refractivity contribution is -0.146. The Balaban J connectivity index is 2.37. The van der Waals surface area contributed by atoms with Gasteiger partial charge in [0.25, 0.3) is 0 Å². The summed E-state index contributed by atoms with van der Waals surface area (Å²) in [6.45, 7) is 6.63. The van der Waals surface area contributed by atoms with Crippen LogP contribution in [0.1, 0.15) is 32.0 Å². The number of carbonyl (C=O) groups is 1. The summed E-state index contributed by atoms with van der Waals surface area (Å²) in [4.78, 5) is 11.3. The van der Waals surface area contributed by atoms with Gasteiger partial charge in [0.15, 0.2) is 0 Å². The molecule has 0 radical (unpaired) electrons. The van der Waals surface area contributed by atoms with Crippen LogP contribution in [0.4, 0.5) is 0 Å². The van der Waals surface area contributed by atoms with Crippen molar-refractivity contribution in [3.05, 3.63) is 17.5 Å². The highest BCUT2D eigenvalue weighted by Crippen LogP contribution is 2.06. The number of nitrogens with zero attached hydrogens (tertiary/aromatic N) is 2. The SMILES string of the molecule is CCc1nn(C)cc1CNCC(=O)OC(C)C. The summed E-state index contributed by atoms with van der Waals surface area (Å²) in [6.07, 6.45) is 2.81. The van der Waals surface area contributed by atoms with E-state index in [1.54, 1.807) is 4.68 Å². The second-order valence-electron chi connectivity index (χ2n) is 4.27. The third kappa shape index (κ3) is 4.56. The Morgan fingerprint density at radius 2 is 2.29 bits per heavy atom. The van der Waals surface area contributed by atoms with Gasteiger partial charge in [-0.25, -0.2) is 0 Å². The average Bonchev–Trinajstić information content (AvgIpc) is 2.57. The Hall–Kier alpha value is -1.36. The predicted octanol–water partition coefficient (Wildman–Crippen LogP) is 1.02. The molecule has 0 spiro atoms. The highest BCUT2D eigenvalue weighted by Gasteiger charge is 2.08. The van der Waals surface area contributed by atoms with Gasteiger partial charge in [0, 0.05) is 25.4 Å². The molecule has 1 N–H and O–H groups in total. The van der Waals surface area contributed by atoms with Crippen LogP contribution in [0.15, 0.2) is 6.20 Å². The second-order valence-corrected chi connectivity index (χ2v) is 4.27. The van der Waals surface area contributed by atoms with Crippen molar-refractivity contribution in [1.29, 1.82) is 0 Å². The molecule has 1 heterocycles. The first-order valence-corrected chi connectivity index (χ1v) is 5.94. The predicted molar refractivity (Wildman–Crippen MR) is 65.5 cm³/mol. The first-order chi connectivity index (χ1) is 8.02. The molecule has 0 unspecified atom stereocenters. The Kier molecular flexibility index (Phi) is 5.15. The highest BCUT2D eigenvalue weighted by atomic mass is 16.5. The van der Waals surface area contributed by atoms with Gasteiger partial charge >= 0.3 is 5.97 Å². The van der Waals surface area contributed by atoms with Crippen molar-refractivity contribution in [1.82, 2.24) is 15.1 Å². The van der Waals surface area contributed by atoms with Crippen LogP contribution in [0.25, 0.3) is 0 Å². The van der Waals surface area contributed by atoms with Crippen molar-refractivity contribution in [2.75, 3.05) is 6.54 Å². The highest BCUT2D eigenvalue weighted by molar-refractivity contribution is 5.71. The van der Waals surface area contributed by atoms with E-state index >= 15 is 0 Å². The van der Waals surface area contributed by atoms with Crippen LogP contribution in [0, 0.1) is 0 Å². The number of nitrogens with one attached hydrogen (secondary N) is 1. The lowest BCUT2D eigenvalue weighted by Gasteiger charge is -2.08. The number of aromatic nitrogens is 2. The molecule has 1 rings (SSSR count). The summed E-state index contributed by atoms with van der Waals surface area (Å²) in [5.41, 5.74) is 2.20. The van der Waals surface area contributed by atoms with Crippen LogP contribution in [0.5, 0.6) is 0 Å². The minimum atomic E-state index is -0.220. The van der Waals surface area contributed by atoms with E-state index in [1.165, 1.54) is 0 Å². The summed E-state index contributed by atoms with van der Waals surface area (Å²) >= 11 is 0. The molecular weight excluding hydrogens is 218 g/mol. The van der Waals surface area contributed by atoms with Crippen LogP contribution in [0.3, 0.4) is 0 Å². The van der Waals surface area contributed by atoms with E-state index in [4.69, 9.17) is 4.74 Å². The molecule has 0 saturated carbocycles. The van der Waals surface area contributed by atoms with Crippen LogP contribution in [-0.4, -0.2) is 28.4 Å². The van der Waals surface area contributed by atoms with E-state index < -0.39 is 0 Å². The Morgan fingerprint density at radius 1 is 1.59 bits per heavy atom. The molecule has 0 bridgehead atoms. The standard InChI is InChI=1S/C12H21N3O2/c1-5-11-10(8-15(4)14-11)6-13-7-12(16)17-9(2)3/h8-9,13H,5-7H2,1-4H3. The molecule has 5 heteroatoms. The molecule has 0 aromatic carbocycles. The summed E-state index contributed by atoms with van der Waals surface area (Å²) in [7, 11) is 1.90. The molecule has 0 aliphatic rings. The average molecular weight is 239 g/mol. The first-order valence-electron chi connectivity index (χ1n) is 5.94. The van der Waals surface area contributed by atoms with Crippen LogP contribution in [0.2, 0.25) is 0 Å². The second kappa shape index (κ2) is 6.39. The Morgan fingerprint density at radius 3 is 2.88 bits per heavy atom. The maximum Gasteiger partial charge on any atom is 0.320 e. The van der Waals surface area contributed by atoms with Crippen LogP contribution < -0.4 is 5.32 Å². The fourth-order valence-corrected chi connectivity index (χ4v) is 1.63. The minimum absolute atomic E-state index is 0.0612. The van der Waals surface area contributed by atoms with Gasteiger partial charge < -0.3 is 10.1 Å². The van der Waals surface area contributed by atoms with E-state index in [0.717, 1.165) is 17.7 Å². The normalized spacial score (nSPS) is 10.9. The van der Waals surface area contributed by atoms with Gasteiger partial charge in [-0.2, -0.15) is 5.10 Å². The minimum Gasteiger partial charge on any atom is -0.462 e. The molecule has 0 atom stereocenters. The fraction of sp³-hybridized carbons (Fsp3) is 0.667. The molecule has 1 aromatic rings. The first kappa shape index (κ1) is 13.7. The van der Waals surface area contributed by atoms with Gasteiger partial charge in [0.2, 0.25) is 0 Å². The maximum absolute atomic E-state index is 11.3. The van der Waals surface area contributed by atoms with Crippen molar-refractivity contribution in [3.63, 3.8) is 0 Å². The summed E-state index contributed by atoms with van der Waals surface area (Å²) in [5.74, 6) is -0.220. The van der Waals surface area contributed by atoms with Crippen LogP contribution in [-0.2, 0) is 29.5 Å². The molecule has 1 aromatic heterocycles. The van der Waals surface area contributed by atoms with Crippen molar-refractivity contribution in [2.24, 2.45) is 7.05 Å². The fourth-order valence-electron chi connectivity index (χ4n) is 1.63. The zero-order valence-electron chi connectivity index (χ0n) is 11.0. The lowest BCUT2D eigenvalue weighted by Crippen LogP contribution is -2.26. The van der Waals surface area contributed by atoms with E-state index in [2.05, 4.69) is 17.3 Å². The van der Waals surface area contributed by atoms with Crippen molar-refractivity contribution >= 4 is 5.97 Å². The number of ether oxygens (including phenoxy) is 1. The van der Waals surface area contributed by atoms with E-state index in [1.807, 2.05) is 27.1 Å². The van der Waals surface area contributed by atoms with E-state index in [9.17, 15) is 4.79 Å². The molecule has 17 heavy (non-hydrogen) atoms. The largest absolute Gasteiger partial charge is 0.462 e. The van der Waals surface area contributed by atoms with Gasteiger partial charge in [-0.05, 0) is 20.3 Å². The third-order valence-electron chi connectivity index (χ3n) is 2.28. The smallest absolute Gasteiger partial charge is 0.320 e. The number of carbonyl (C=O) groups excluding carboxylic acids is 1. The molecule has 0 saturated heterocycles. The number of hydrogen-bond donors (Lipinski definition) is 1. The van der Waals surface area contributed by atoms with Gasteiger partial charge in [0.05, 0.1) is 18.3 Å². The summed E-state index contributed by atoms with van der Waals surface area (Å²) < 4.78 is 6.82. The van der Waals surface area contributed by atoms with Gasteiger partial charge in [-0.15, -0.1) is 0 Å². The Labute approximate surface area is 102 Å². The zero-order chi connectivity index (χ0) is 12.8. The molecule has 0 amide bonds. The van der Waals surface area contributed by atoms with E-state index in [0.29, 0.717) is 6.54 Å². The van der Waals surface area contributed by atoms with E-state index in [-0.39, 0.29) is 18.6 Å². The molecule has 0 aliphatic heterocycles. The lowest BCUT2D eigenvalue weighted by atomic mass is 10.2. The molecule has 96 valence electrons. The molecule has 0 fully saturated rings. The maximum atomic E-state index is 11.3. The molecular formula is C12H21N3O2. The number of hydrogen-bond acceptors (Lipinski definition) is 4. The van der Waals surface area contributed by atoms with Gasteiger partial charge in [-0.1, -0.05) is 6.92 Å². The van der Waals surface area contributed by atoms with Gasteiger partial charge in [-0.3, -0.25) is 9.48 Å². The van der Waals surface area contributed by atoms with Crippen LogP contribution >= 0.6 is 0 Å². The monoisotopic (exact) mass is 239 g/mol. The summed E-state index contributed by atoms with van der Waals surface area (Å²) in [5, 5.41) is 7.40. The van der Waals surface area contributed by atoms with Crippen molar-refractivity contribution in [2.45, 2.75) is 39.8 Å². The topological polar surface area (TPSA) is 56.2 Å². The summed E-state index contributed by atoms with van der Waals surface area (Å²) in [6, 6.07) is 0. The zero-order valence-corrected chi connectivity index (χ0v) is 11.0. The number of rotatable bonds is 6. The number of esters is 1. The number of aryl methyl sites for hydroxylation is 2. The third-order valence-corrected chi connectivity index (χ3v) is 2.28. The molecule has 0 aliphatic carbocycles. The van der Waals surface area contributed by atoms with Crippen molar-refractivity contribution in [3.8, 4) is 0 Å². The quantitative estimate of drug-likeness (QED) is 0.753. The molecule has 5 nitrogen and oxygen atoms in total. The Bertz CT molecular complexity index is 372.